The fraction of sp³-hybridized carbons (Fsp3) is 0.429. The smallest absolute Gasteiger partial charge is 0.244 e. The summed E-state index contributed by atoms with van der Waals surface area (Å²) >= 11 is 0. The standard InChI is InChI=1S/C14H17N5O2/c1-11-3-4-13(17-16-11)21-12-5-8-18(9-12)14(20)10-19-7-2-6-15-19/h2-4,6-7,12H,5,8-10H2,1H3/t12-/m1/s1. The second-order valence-corrected chi connectivity index (χ2v) is 5.08. The van der Waals surface area contributed by atoms with Crippen molar-refractivity contribution in [1.29, 1.82) is 0 Å². The van der Waals surface area contributed by atoms with Gasteiger partial charge >= 0.3 is 0 Å². The lowest BCUT2D eigenvalue weighted by molar-refractivity contribution is -0.131. The fourth-order valence-corrected chi connectivity index (χ4v) is 2.30. The van der Waals surface area contributed by atoms with Crippen LogP contribution in [0.2, 0.25) is 0 Å². The summed E-state index contributed by atoms with van der Waals surface area (Å²) in [5, 5.41) is 12.0. The number of aryl methyl sites for hydroxylation is 1. The van der Waals surface area contributed by atoms with Crippen LogP contribution in [0, 0.1) is 6.92 Å². The first-order valence-corrected chi connectivity index (χ1v) is 6.93. The van der Waals surface area contributed by atoms with Crippen molar-refractivity contribution in [3.05, 3.63) is 36.3 Å². The minimum atomic E-state index is -0.0245. The maximum Gasteiger partial charge on any atom is 0.244 e. The number of aromatic nitrogens is 4. The van der Waals surface area contributed by atoms with Gasteiger partial charge < -0.3 is 9.64 Å². The van der Waals surface area contributed by atoms with Crippen molar-refractivity contribution in [3.63, 3.8) is 0 Å². The molecule has 0 aliphatic carbocycles. The molecule has 1 atom stereocenters. The predicted molar refractivity (Wildman–Crippen MR) is 74.6 cm³/mol. The first kappa shape index (κ1) is 13.5. The molecule has 2 aromatic heterocycles. The lowest BCUT2D eigenvalue weighted by atomic mass is 10.3. The summed E-state index contributed by atoms with van der Waals surface area (Å²) in [5.74, 6) is 0.562. The second-order valence-electron chi connectivity index (χ2n) is 5.08. The molecule has 110 valence electrons. The number of rotatable bonds is 4. The number of hydrogen-bond acceptors (Lipinski definition) is 5. The zero-order valence-corrected chi connectivity index (χ0v) is 11.8. The Labute approximate surface area is 122 Å². The van der Waals surface area contributed by atoms with E-state index in [1.807, 2.05) is 13.0 Å². The number of hydrogen-bond donors (Lipinski definition) is 0. The van der Waals surface area contributed by atoms with E-state index in [0.717, 1.165) is 12.1 Å². The summed E-state index contributed by atoms with van der Waals surface area (Å²) < 4.78 is 7.38. The van der Waals surface area contributed by atoms with Crippen LogP contribution in [0.5, 0.6) is 5.88 Å². The molecule has 1 aliphatic rings. The highest BCUT2D eigenvalue weighted by Crippen LogP contribution is 2.16. The Morgan fingerprint density at radius 1 is 1.43 bits per heavy atom. The summed E-state index contributed by atoms with van der Waals surface area (Å²) in [6, 6.07) is 5.47. The second kappa shape index (κ2) is 5.90. The van der Waals surface area contributed by atoms with E-state index >= 15 is 0 Å². The monoisotopic (exact) mass is 287 g/mol. The minimum Gasteiger partial charge on any atom is -0.471 e. The fourth-order valence-electron chi connectivity index (χ4n) is 2.30. The lowest BCUT2D eigenvalue weighted by Crippen LogP contribution is -2.33. The Morgan fingerprint density at radius 2 is 2.33 bits per heavy atom. The van der Waals surface area contributed by atoms with E-state index in [9.17, 15) is 4.79 Å². The maximum atomic E-state index is 12.1. The Bertz CT molecular complexity index is 596. The zero-order valence-electron chi connectivity index (χ0n) is 11.8. The van der Waals surface area contributed by atoms with E-state index in [4.69, 9.17) is 4.74 Å². The Hall–Kier alpha value is -2.44. The Kier molecular flexibility index (Phi) is 3.81. The molecule has 0 bridgehead atoms. The number of carbonyl (C=O) groups excluding carboxylic acids is 1. The summed E-state index contributed by atoms with van der Waals surface area (Å²) in [6.07, 6.45) is 4.23. The molecule has 0 unspecified atom stereocenters. The van der Waals surface area contributed by atoms with E-state index in [1.165, 1.54) is 0 Å². The quantitative estimate of drug-likeness (QED) is 0.826. The highest BCUT2D eigenvalue weighted by molar-refractivity contribution is 5.76. The number of ether oxygens (including phenoxy) is 1. The van der Waals surface area contributed by atoms with Crippen LogP contribution in [0.4, 0.5) is 0 Å². The molecule has 0 spiro atoms. The van der Waals surface area contributed by atoms with Crippen LogP contribution in [0.1, 0.15) is 12.1 Å². The maximum absolute atomic E-state index is 12.1. The molecule has 0 radical (unpaired) electrons. The number of amides is 1. The van der Waals surface area contributed by atoms with Crippen molar-refractivity contribution >= 4 is 5.91 Å². The van der Waals surface area contributed by atoms with Gasteiger partial charge in [-0.05, 0) is 19.1 Å². The van der Waals surface area contributed by atoms with Crippen molar-refractivity contribution in [1.82, 2.24) is 24.9 Å². The van der Waals surface area contributed by atoms with Gasteiger partial charge in [-0.25, -0.2) is 0 Å². The predicted octanol–water partition coefficient (Wildman–Crippen LogP) is 0.661. The van der Waals surface area contributed by atoms with E-state index in [1.54, 1.807) is 34.1 Å². The highest BCUT2D eigenvalue weighted by atomic mass is 16.5. The number of nitrogens with zero attached hydrogens (tertiary/aromatic N) is 5. The summed E-state index contributed by atoms with van der Waals surface area (Å²) in [4.78, 5) is 13.9. The van der Waals surface area contributed by atoms with Crippen molar-refractivity contribution in [2.75, 3.05) is 13.1 Å². The van der Waals surface area contributed by atoms with E-state index in [-0.39, 0.29) is 18.6 Å². The van der Waals surface area contributed by atoms with Crippen molar-refractivity contribution in [2.45, 2.75) is 26.0 Å². The van der Waals surface area contributed by atoms with Gasteiger partial charge in [-0.15, -0.1) is 5.10 Å². The molecule has 0 aromatic carbocycles. The topological polar surface area (TPSA) is 73.1 Å². The molecule has 1 aliphatic heterocycles. The van der Waals surface area contributed by atoms with Crippen molar-refractivity contribution in [2.24, 2.45) is 0 Å². The molecule has 2 aromatic rings. The molecule has 0 saturated carbocycles. The van der Waals surface area contributed by atoms with Gasteiger partial charge in [0.2, 0.25) is 11.8 Å². The third-order valence-corrected chi connectivity index (χ3v) is 3.41. The normalized spacial score (nSPS) is 18.0. The molecule has 1 fully saturated rings. The molecule has 7 heteroatoms. The van der Waals surface area contributed by atoms with Gasteiger partial charge in [0.15, 0.2) is 0 Å². The average Bonchev–Trinajstić information content (AvgIpc) is 3.13. The first-order chi connectivity index (χ1) is 10.2. The van der Waals surface area contributed by atoms with Gasteiger partial charge in [-0.3, -0.25) is 9.48 Å². The molecule has 0 N–H and O–H groups in total. The third kappa shape index (κ3) is 3.36. The van der Waals surface area contributed by atoms with E-state index in [0.29, 0.717) is 19.0 Å². The van der Waals surface area contributed by atoms with Crippen molar-refractivity contribution in [3.8, 4) is 5.88 Å². The van der Waals surface area contributed by atoms with Crippen LogP contribution in [0.25, 0.3) is 0 Å². The summed E-state index contributed by atoms with van der Waals surface area (Å²) in [6.45, 7) is 3.42. The lowest BCUT2D eigenvalue weighted by Gasteiger charge is -2.16. The molecule has 3 rings (SSSR count). The number of likely N-dealkylation sites (tertiary alicyclic amines) is 1. The summed E-state index contributed by atoms with van der Waals surface area (Å²) in [7, 11) is 0. The van der Waals surface area contributed by atoms with E-state index < -0.39 is 0 Å². The van der Waals surface area contributed by atoms with Gasteiger partial charge in [-0.1, -0.05) is 0 Å². The summed E-state index contributed by atoms with van der Waals surface area (Å²) in [5.41, 5.74) is 0.852. The first-order valence-electron chi connectivity index (χ1n) is 6.93. The molecule has 1 saturated heterocycles. The van der Waals surface area contributed by atoms with Crippen LogP contribution < -0.4 is 4.74 Å². The van der Waals surface area contributed by atoms with Crippen LogP contribution in [-0.4, -0.2) is 50.0 Å². The molecular formula is C14H17N5O2. The van der Waals surface area contributed by atoms with Crippen LogP contribution >= 0.6 is 0 Å². The molecule has 1 amide bonds. The molecule has 21 heavy (non-hydrogen) atoms. The minimum absolute atomic E-state index is 0.0245. The Morgan fingerprint density at radius 3 is 3.05 bits per heavy atom. The van der Waals surface area contributed by atoms with Crippen molar-refractivity contribution < 1.29 is 9.53 Å². The third-order valence-electron chi connectivity index (χ3n) is 3.41. The SMILES string of the molecule is Cc1ccc(O[C@@H]2CCN(C(=O)Cn3cccn3)C2)nn1. The van der Waals surface area contributed by atoms with E-state index in [2.05, 4.69) is 15.3 Å². The Balaban J connectivity index is 1.53. The van der Waals surface area contributed by atoms with Gasteiger partial charge in [0.25, 0.3) is 0 Å². The zero-order chi connectivity index (χ0) is 14.7. The van der Waals surface area contributed by atoms with Gasteiger partial charge in [0.05, 0.1) is 12.2 Å². The number of carbonyl (C=O) groups is 1. The largest absolute Gasteiger partial charge is 0.471 e. The van der Waals surface area contributed by atoms with Gasteiger partial charge in [-0.2, -0.15) is 10.2 Å². The van der Waals surface area contributed by atoms with Gasteiger partial charge in [0, 0.05) is 31.4 Å². The molecule has 3 heterocycles. The van der Waals surface area contributed by atoms with Crippen LogP contribution in [-0.2, 0) is 11.3 Å². The molecule has 7 nitrogen and oxygen atoms in total. The van der Waals surface area contributed by atoms with Crippen LogP contribution in [0.3, 0.4) is 0 Å². The van der Waals surface area contributed by atoms with Gasteiger partial charge in [0.1, 0.15) is 12.6 Å². The van der Waals surface area contributed by atoms with Crippen LogP contribution in [0.15, 0.2) is 30.6 Å². The molecular weight excluding hydrogens is 270 g/mol. The average molecular weight is 287 g/mol. The highest BCUT2D eigenvalue weighted by Gasteiger charge is 2.28.